The van der Waals surface area contributed by atoms with Gasteiger partial charge in [-0.15, -0.1) is 0 Å². The maximum Gasteiger partial charge on any atom is 0.170 e. The van der Waals surface area contributed by atoms with E-state index in [0.29, 0.717) is 12.1 Å². The standard InChI is InChI=1S/C17H32N2O2/c1-3-6-14-7-4-5-10-19(14)16-13-17(20-11-12-21-17)9-8-15(16)18-2/h14-16,18H,3-13H2,1-2H3. The van der Waals surface area contributed by atoms with E-state index >= 15 is 0 Å². The fourth-order valence-corrected chi connectivity index (χ4v) is 4.68. The van der Waals surface area contributed by atoms with Crippen LogP contribution < -0.4 is 5.32 Å². The average molecular weight is 296 g/mol. The van der Waals surface area contributed by atoms with E-state index in [1.54, 1.807) is 0 Å². The van der Waals surface area contributed by atoms with Crippen LogP contribution in [0.4, 0.5) is 0 Å². The summed E-state index contributed by atoms with van der Waals surface area (Å²) < 4.78 is 12.0. The van der Waals surface area contributed by atoms with Crippen LogP contribution in [-0.2, 0) is 9.47 Å². The molecule has 3 rings (SSSR count). The summed E-state index contributed by atoms with van der Waals surface area (Å²) in [5.74, 6) is -0.272. The Labute approximate surface area is 129 Å². The van der Waals surface area contributed by atoms with Gasteiger partial charge in [0.05, 0.1) is 13.2 Å². The zero-order chi connectivity index (χ0) is 14.7. The fraction of sp³-hybridized carbons (Fsp3) is 1.00. The van der Waals surface area contributed by atoms with Crippen LogP contribution in [0.15, 0.2) is 0 Å². The first-order chi connectivity index (χ1) is 10.3. The van der Waals surface area contributed by atoms with Gasteiger partial charge >= 0.3 is 0 Å². The van der Waals surface area contributed by atoms with Gasteiger partial charge in [0.1, 0.15) is 0 Å². The predicted octanol–water partition coefficient (Wildman–Crippen LogP) is 2.52. The number of likely N-dealkylation sites (tertiary alicyclic amines) is 1. The molecule has 0 aromatic heterocycles. The minimum absolute atomic E-state index is 0.272. The Morgan fingerprint density at radius 1 is 1.19 bits per heavy atom. The van der Waals surface area contributed by atoms with Crippen molar-refractivity contribution in [3.8, 4) is 0 Å². The third kappa shape index (κ3) is 3.29. The van der Waals surface area contributed by atoms with Crippen molar-refractivity contribution in [3.05, 3.63) is 0 Å². The summed E-state index contributed by atoms with van der Waals surface area (Å²) in [6, 6.07) is 1.92. The van der Waals surface area contributed by atoms with Crippen molar-refractivity contribution < 1.29 is 9.47 Å². The Bertz CT molecular complexity index is 329. The van der Waals surface area contributed by atoms with E-state index in [-0.39, 0.29) is 5.79 Å². The van der Waals surface area contributed by atoms with Gasteiger partial charge in [-0.2, -0.15) is 0 Å². The van der Waals surface area contributed by atoms with Crippen LogP contribution in [-0.4, -0.2) is 55.6 Å². The van der Waals surface area contributed by atoms with Crippen LogP contribution in [0.1, 0.15) is 58.3 Å². The molecule has 1 spiro atoms. The lowest BCUT2D eigenvalue weighted by molar-refractivity contribution is -0.196. The van der Waals surface area contributed by atoms with Gasteiger partial charge in [0.15, 0.2) is 5.79 Å². The number of rotatable bonds is 4. The molecule has 1 N–H and O–H groups in total. The smallest absolute Gasteiger partial charge is 0.170 e. The van der Waals surface area contributed by atoms with E-state index < -0.39 is 0 Å². The van der Waals surface area contributed by atoms with Crippen molar-refractivity contribution in [2.75, 3.05) is 26.8 Å². The molecule has 3 aliphatic rings. The highest BCUT2D eigenvalue weighted by Gasteiger charge is 2.47. The first kappa shape index (κ1) is 15.7. The number of piperidine rings is 1. The van der Waals surface area contributed by atoms with Gasteiger partial charge in [0.25, 0.3) is 0 Å². The minimum Gasteiger partial charge on any atom is -0.347 e. The highest BCUT2D eigenvalue weighted by Crippen LogP contribution is 2.39. The number of hydrogen-bond donors (Lipinski definition) is 1. The zero-order valence-electron chi connectivity index (χ0n) is 13.8. The molecule has 4 nitrogen and oxygen atoms in total. The van der Waals surface area contributed by atoms with Gasteiger partial charge in [-0.1, -0.05) is 19.8 Å². The molecule has 2 aliphatic heterocycles. The summed E-state index contributed by atoms with van der Waals surface area (Å²) in [5, 5.41) is 3.57. The van der Waals surface area contributed by atoms with Crippen LogP contribution >= 0.6 is 0 Å². The molecule has 21 heavy (non-hydrogen) atoms. The van der Waals surface area contributed by atoms with Crippen molar-refractivity contribution in [2.45, 2.75) is 82.2 Å². The third-order valence-corrected chi connectivity index (χ3v) is 5.73. The topological polar surface area (TPSA) is 33.7 Å². The molecule has 0 radical (unpaired) electrons. The zero-order valence-corrected chi connectivity index (χ0v) is 13.8. The molecule has 0 amide bonds. The molecule has 2 heterocycles. The van der Waals surface area contributed by atoms with E-state index in [2.05, 4.69) is 24.2 Å². The molecule has 0 aromatic rings. The molecule has 3 unspecified atom stereocenters. The quantitative estimate of drug-likeness (QED) is 0.864. The maximum atomic E-state index is 6.01. The lowest BCUT2D eigenvalue weighted by Gasteiger charge is -2.50. The third-order valence-electron chi connectivity index (χ3n) is 5.73. The van der Waals surface area contributed by atoms with E-state index in [0.717, 1.165) is 38.5 Å². The van der Waals surface area contributed by atoms with Gasteiger partial charge in [-0.25, -0.2) is 0 Å². The number of ether oxygens (including phenoxy) is 2. The minimum atomic E-state index is -0.272. The Morgan fingerprint density at radius 3 is 2.71 bits per heavy atom. The number of hydrogen-bond acceptors (Lipinski definition) is 4. The Kier molecular flexibility index (Phi) is 5.20. The molecule has 0 bridgehead atoms. The van der Waals surface area contributed by atoms with Gasteiger partial charge in [0, 0.05) is 31.0 Å². The molecule has 3 atom stereocenters. The van der Waals surface area contributed by atoms with E-state index in [1.807, 2.05) is 0 Å². The summed E-state index contributed by atoms with van der Waals surface area (Å²) in [4.78, 5) is 2.79. The number of nitrogens with one attached hydrogen (secondary N) is 1. The van der Waals surface area contributed by atoms with Crippen molar-refractivity contribution in [2.24, 2.45) is 0 Å². The maximum absolute atomic E-state index is 6.01. The van der Waals surface area contributed by atoms with Gasteiger partial charge in [-0.3, -0.25) is 4.90 Å². The Hall–Kier alpha value is -0.160. The fourth-order valence-electron chi connectivity index (χ4n) is 4.68. The second kappa shape index (κ2) is 6.95. The molecule has 2 saturated heterocycles. The van der Waals surface area contributed by atoms with E-state index in [1.165, 1.54) is 38.6 Å². The van der Waals surface area contributed by atoms with Crippen molar-refractivity contribution in [3.63, 3.8) is 0 Å². The van der Waals surface area contributed by atoms with Gasteiger partial charge in [-0.05, 0) is 39.3 Å². The first-order valence-corrected chi connectivity index (χ1v) is 8.99. The second-order valence-electron chi connectivity index (χ2n) is 6.99. The lowest BCUT2D eigenvalue weighted by Crippen LogP contribution is -2.60. The molecule has 1 aliphatic carbocycles. The van der Waals surface area contributed by atoms with Crippen molar-refractivity contribution >= 4 is 0 Å². The lowest BCUT2D eigenvalue weighted by atomic mass is 9.82. The normalized spacial score (nSPS) is 37.1. The molecule has 3 fully saturated rings. The summed E-state index contributed by atoms with van der Waals surface area (Å²) in [6.07, 6.45) is 9.99. The highest BCUT2D eigenvalue weighted by molar-refractivity contribution is 4.98. The number of likely N-dealkylation sites (N-methyl/N-ethyl adjacent to an activating group) is 1. The highest BCUT2D eigenvalue weighted by atomic mass is 16.7. The van der Waals surface area contributed by atoms with Crippen molar-refractivity contribution in [1.82, 2.24) is 10.2 Å². The van der Waals surface area contributed by atoms with Crippen LogP contribution in [0, 0.1) is 0 Å². The number of nitrogens with zero attached hydrogens (tertiary/aromatic N) is 1. The largest absolute Gasteiger partial charge is 0.347 e. The summed E-state index contributed by atoms with van der Waals surface area (Å²) in [6.45, 7) is 5.11. The van der Waals surface area contributed by atoms with Crippen LogP contribution in [0.25, 0.3) is 0 Å². The summed E-state index contributed by atoms with van der Waals surface area (Å²) in [7, 11) is 2.12. The second-order valence-corrected chi connectivity index (χ2v) is 6.99. The van der Waals surface area contributed by atoms with Gasteiger partial charge in [0.2, 0.25) is 0 Å². The molecule has 1 saturated carbocycles. The van der Waals surface area contributed by atoms with Crippen LogP contribution in [0.2, 0.25) is 0 Å². The van der Waals surface area contributed by atoms with Crippen LogP contribution in [0.5, 0.6) is 0 Å². The molecule has 122 valence electrons. The molecular formula is C17H32N2O2. The van der Waals surface area contributed by atoms with Crippen LogP contribution in [0.3, 0.4) is 0 Å². The van der Waals surface area contributed by atoms with Crippen molar-refractivity contribution in [1.29, 1.82) is 0 Å². The molecule has 4 heteroatoms. The Morgan fingerprint density at radius 2 is 2.00 bits per heavy atom. The molecular weight excluding hydrogens is 264 g/mol. The average Bonchev–Trinajstić information content (AvgIpc) is 2.96. The summed E-state index contributed by atoms with van der Waals surface area (Å²) >= 11 is 0. The van der Waals surface area contributed by atoms with E-state index in [4.69, 9.17) is 9.47 Å². The summed E-state index contributed by atoms with van der Waals surface area (Å²) in [5.41, 5.74) is 0. The van der Waals surface area contributed by atoms with Gasteiger partial charge < -0.3 is 14.8 Å². The predicted molar refractivity (Wildman–Crippen MR) is 84.4 cm³/mol. The monoisotopic (exact) mass is 296 g/mol. The first-order valence-electron chi connectivity index (χ1n) is 8.99. The Balaban J connectivity index is 1.74. The molecule has 0 aromatic carbocycles. The SMILES string of the molecule is CCCC1CCCCN1C1CC2(CCC1NC)OCCO2. The van der Waals surface area contributed by atoms with E-state index in [9.17, 15) is 0 Å².